The zero-order chi connectivity index (χ0) is 13.5. The van der Waals surface area contributed by atoms with Crippen LogP contribution in [0.2, 0.25) is 0 Å². The molecule has 1 amide bonds. The second kappa shape index (κ2) is 4.42. The van der Waals surface area contributed by atoms with E-state index in [2.05, 4.69) is 20.7 Å². The zero-order valence-electron chi connectivity index (χ0n) is 8.65. The van der Waals surface area contributed by atoms with Gasteiger partial charge in [-0.25, -0.2) is 22.4 Å². The SMILES string of the molecule is O=C1N[C@@H](c2c(F)cc(Br)cc2F)C(F)(F)CO1. The highest BCUT2D eigenvalue weighted by Gasteiger charge is 2.49. The summed E-state index contributed by atoms with van der Waals surface area (Å²) in [7, 11) is 0. The van der Waals surface area contributed by atoms with Crippen molar-refractivity contribution in [1.29, 1.82) is 0 Å². The van der Waals surface area contributed by atoms with Crippen molar-refractivity contribution in [3.8, 4) is 0 Å². The van der Waals surface area contributed by atoms with Crippen molar-refractivity contribution in [2.45, 2.75) is 12.0 Å². The second-order valence-corrected chi connectivity index (χ2v) is 4.61. The maximum Gasteiger partial charge on any atom is 0.408 e. The van der Waals surface area contributed by atoms with Crippen molar-refractivity contribution >= 4 is 22.0 Å². The van der Waals surface area contributed by atoms with E-state index < -0.39 is 41.9 Å². The Labute approximate surface area is 107 Å². The first kappa shape index (κ1) is 13.1. The average molecular weight is 328 g/mol. The number of benzene rings is 1. The fraction of sp³-hybridized carbons (Fsp3) is 0.300. The number of hydrogen-bond donors (Lipinski definition) is 1. The van der Waals surface area contributed by atoms with Crippen LogP contribution in [-0.2, 0) is 4.74 Å². The van der Waals surface area contributed by atoms with E-state index in [0.29, 0.717) is 0 Å². The van der Waals surface area contributed by atoms with Crippen molar-refractivity contribution in [1.82, 2.24) is 5.32 Å². The lowest BCUT2D eigenvalue weighted by molar-refractivity contribution is -0.105. The molecule has 1 aliphatic rings. The molecule has 0 saturated carbocycles. The first-order valence-corrected chi connectivity index (χ1v) is 5.56. The maximum atomic E-state index is 13.6. The predicted octanol–water partition coefficient (Wildman–Crippen LogP) is 3.14. The molecule has 0 spiro atoms. The Bertz CT molecular complexity index is 486. The Balaban J connectivity index is 2.49. The van der Waals surface area contributed by atoms with Crippen molar-refractivity contribution < 1.29 is 27.1 Å². The van der Waals surface area contributed by atoms with E-state index in [9.17, 15) is 22.4 Å². The molecule has 2 rings (SSSR count). The summed E-state index contributed by atoms with van der Waals surface area (Å²) in [6.45, 7) is -1.22. The predicted molar refractivity (Wildman–Crippen MR) is 56.2 cm³/mol. The molecule has 18 heavy (non-hydrogen) atoms. The number of carbonyl (C=O) groups excluding carboxylic acids is 1. The summed E-state index contributed by atoms with van der Waals surface area (Å²) in [4.78, 5) is 10.9. The highest BCUT2D eigenvalue weighted by molar-refractivity contribution is 9.10. The van der Waals surface area contributed by atoms with E-state index in [4.69, 9.17) is 0 Å². The standard InChI is InChI=1S/C10H6BrF4NO2/c11-4-1-5(12)7(6(13)2-4)8-10(14,15)3-18-9(17)16-8/h1-2,8H,3H2,(H,16,17)/t8-/m0/s1. The fourth-order valence-electron chi connectivity index (χ4n) is 1.62. The third-order valence-electron chi connectivity index (χ3n) is 2.41. The Morgan fingerprint density at radius 3 is 2.44 bits per heavy atom. The number of amides is 1. The highest BCUT2D eigenvalue weighted by atomic mass is 79.9. The molecular formula is C10H6BrF4NO2. The first-order chi connectivity index (χ1) is 8.31. The quantitative estimate of drug-likeness (QED) is 0.805. The minimum absolute atomic E-state index is 0.0722. The van der Waals surface area contributed by atoms with Crippen molar-refractivity contribution in [3.63, 3.8) is 0 Å². The minimum atomic E-state index is -3.59. The number of carbonyl (C=O) groups is 1. The molecule has 3 nitrogen and oxygen atoms in total. The van der Waals surface area contributed by atoms with Gasteiger partial charge in [0, 0.05) is 4.47 Å². The van der Waals surface area contributed by atoms with Crippen LogP contribution in [0.4, 0.5) is 22.4 Å². The summed E-state index contributed by atoms with van der Waals surface area (Å²) < 4.78 is 58.3. The summed E-state index contributed by atoms with van der Waals surface area (Å²) in [5.41, 5.74) is -0.889. The van der Waals surface area contributed by atoms with Crippen LogP contribution in [0.25, 0.3) is 0 Å². The Kier molecular flexibility index (Phi) is 3.22. The van der Waals surface area contributed by atoms with Gasteiger partial charge in [0.2, 0.25) is 0 Å². The van der Waals surface area contributed by atoms with Crippen LogP contribution in [0.15, 0.2) is 16.6 Å². The summed E-state index contributed by atoms with van der Waals surface area (Å²) in [6, 6.07) is -0.404. The van der Waals surface area contributed by atoms with Gasteiger partial charge in [-0.1, -0.05) is 15.9 Å². The van der Waals surface area contributed by atoms with Crippen LogP contribution in [0, 0.1) is 11.6 Å². The van der Waals surface area contributed by atoms with Gasteiger partial charge >= 0.3 is 12.0 Å². The summed E-state index contributed by atoms with van der Waals surface area (Å²) in [5.74, 6) is -5.94. The van der Waals surface area contributed by atoms with Crippen LogP contribution < -0.4 is 5.32 Å². The van der Waals surface area contributed by atoms with Crippen LogP contribution in [0.1, 0.15) is 11.6 Å². The third kappa shape index (κ3) is 2.29. The molecule has 0 bridgehead atoms. The zero-order valence-corrected chi connectivity index (χ0v) is 10.2. The number of halogens is 5. The molecule has 1 aromatic rings. The minimum Gasteiger partial charge on any atom is -0.443 e. The average Bonchev–Trinajstić information content (AvgIpc) is 2.22. The number of alkyl carbamates (subject to hydrolysis) is 1. The van der Waals surface area contributed by atoms with Gasteiger partial charge in [0.05, 0.1) is 5.56 Å². The van der Waals surface area contributed by atoms with Gasteiger partial charge in [0.15, 0.2) is 6.61 Å². The number of hydrogen-bond acceptors (Lipinski definition) is 2. The molecular weight excluding hydrogens is 322 g/mol. The van der Waals surface area contributed by atoms with E-state index in [-0.39, 0.29) is 4.47 Å². The van der Waals surface area contributed by atoms with Crippen molar-refractivity contribution in [2.24, 2.45) is 0 Å². The van der Waals surface area contributed by atoms with Crippen molar-refractivity contribution in [3.05, 3.63) is 33.8 Å². The van der Waals surface area contributed by atoms with Gasteiger partial charge < -0.3 is 10.1 Å². The second-order valence-electron chi connectivity index (χ2n) is 3.70. The van der Waals surface area contributed by atoms with E-state index >= 15 is 0 Å². The van der Waals surface area contributed by atoms with Crippen LogP contribution in [-0.4, -0.2) is 18.6 Å². The fourth-order valence-corrected chi connectivity index (χ4v) is 2.02. The molecule has 1 fully saturated rings. The lowest BCUT2D eigenvalue weighted by Gasteiger charge is -2.32. The molecule has 0 aromatic heterocycles. The number of nitrogens with one attached hydrogen (secondary N) is 1. The molecule has 1 N–H and O–H groups in total. The first-order valence-electron chi connectivity index (χ1n) is 4.77. The van der Waals surface area contributed by atoms with Gasteiger partial charge in [0.1, 0.15) is 17.7 Å². The largest absolute Gasteiger partial charge is 0.443 e. The van der Waals surface area contributed by atoms with Gasteiger partial charge in [-0.2, -0.15) is 0 Å². The smallest absolute Gasteiger partial charge is 0.408 e. The van der Waals surface area contributed by atoms with Gasteiger partial charge in [0.25, 0.3) is 0 Å². The molecule has 0 aliphatic carbocycles. The molecule has 1 aromatic carbocycles. The lowest BCUT2D eigenvalue weighted by Crippen LogP contribution is -2.50. The Morgan fingerprint density at radius 2 is 1.89 bits per heavy atom. The number of alkyl halides is 2. The lowest BCUT2D eigenvalue weighted by atomic mass is 9.99. The van der Waals surface area contributed by atoms with Gasteiger partial charge in [-0.15, -0.1) is 0 Å². The molecule has 0 radical (unpaired) electrons. The number of cyclic esters (lactones) is 1. The molecule has 8 heteroatoms. The summed E-state index contributed by atoms with van der Waals surface area (Å²) >= 11 is 2.83. The van der Waals surface area contributed by atoms with Crippen molar-refractivity contribution in [2.75, 3.05) is 6.61 Å². The maximum absolute atomic E-state index is 13.6. The van der Waals surface area contributed by atoms with Gasteiger partial charge in [-0.05, 0) is 12.1 Å². The molecule has 1 aliphatic heterocycles. The van der Waals surface area contributed by atoms with Gasteiger partial charge in [-0.3, -0.25) is 0 Å². The Hall–Kier alpha value is -1.31. The number of ether oxygens (including phenoxy) is 1. The summed E-state index contributed by atoms with van der Waals surface area (Å²) in [5, 5.41) is 1.72. The van der Waals surface area contributed by atoms with E-state index in [1.54, 1.807) is 5.32 Å². The van der Waals surface area contributed by atoms with E-state index in [1.807, 2.05) is 0 Å². The van der Waals surface area contributed by atoms with Crippen LogP contribution >= 0.6 is 15.9 Å². The van der Waals surface area contributed by atoms with Crippen LogP contribution in [0.3, 0.4) is 0 Å². The normalized spacial score (nSPS) is 22.3. The molecule has 98 valence electrons. The molecule has 0 unspecified atom stereocenters. The van der Waals surface area contributed by atoms with E-state index in [1.165, 1.54) is 0 Å². The number of rotatable bonds is 1. The highest BCUT2D eigenvalue weighted by Crippen LogP contribution is 2.37. The summed E-state index contributed by atoms with van der Waals surface area (Å²) in [6.07, 6.45) is -1.15. The Morgan fingerprint density at radius 1 is 1.33 bits per heavy atom. The monoisotopic (exact) mass is 327 g/mol. The topological polar surface area (TPSA) is 38.3 Å². The molecule has 1 heterocycles. The third-order valence-corrected chi connectivity index (χ3v) is 2.87. The molecule has 1 atom stereocenters. The van der Waals surface area contributed by atoms with E-state index in [0.717, 1.165) is 12.1 Å². The van der Waals surface area contributed by atoms with Crippen LogP contribution in [0.5, 0.6) is 0 Å². The molecule has 1 saturated heterocycles.